The van der Waals surface area contributed by atoms with Gasteiger partial charge in [-0.3, -0.25) is 0 Å². The second kappa shape index (κ2) is 6.51. The average Bonchev–Trinajstić information content (AvgIpc) is 2.84. The molecule has 0 aliphatic rings. The molecule has 2 rings (SSSR count). The second-order valence-electron chi connectivity index (χ2n) is 6.91. The Hall–Kier alpha value is -0.563. The van der Waals surface area contributed by atoms with Gasteiger partial charge in [-0.1, -0.05) is 41.5 Å². The lowest BCUT2D eigenvalue weighted by atomic mass is 10.3. The summed E-state index contributed by atoms with van der Waals surface area (Å²) in [4.78, 5) is 4.75. The largest absolute Gasteiger partial charge is 0.494 e. The molecular weight excluding hydrogens is 403 g/mol. The first-order valence-corrected chi connectivity index (χ1v) is 11.2. The molecular formula is C17H27IN2OSi. The molecule has 0 bridgehead atoms. The van der Waals surface area contributed by atoms with Crippen LogP contribution in [0.3, 0.4) is 0 Å². The van der Waals surface area contributed by atoms with Gasteiger partial charge in [0, 0.05) is 5.39 Å². The standard InChI is InChI=1S/C17H27IN2OSi/c1-11(2)22(12(3)4,13(5)6)20-9-8-14-16(18)15(21-7)10-19-17(14)20/h8-13H,1-7H3. The first-order chi connectivity index (χ1) is 10.3. The molecule has 0 radical (unpaired) electrons. The molecule has 0 spiro atoms. The number of halogens is 1. The van der Waals surface area contributed by atoms with Crippen LogP contribution in [0.25, 0.3) is 11.0 Å². The zero-order chi connectivity index (χ0) is 16.7. The third-order valence-electron chi connectivity index (χ3n) is 5.03. The Bertz CT molecular complexity index is 642. The highest BCUT2D eigenvalue weighted by molar-refractivity contribution is 14.1. The summed E-state index contributed by atoms with van der Waals surface area (Å²) in [5, 5.41) is 1.21. The van der Waals surface area contributed by atoms with Gasteiger partial charge in [-0.15, -0.1) is 0 Å². The van der Waals surface area contributed by atoms with Crippen molar-refractivity contribution in [3.63, 3.8) is 0 Å². The van der Waals surface area contributed by atoms with Gasteiger partial charge in [0.05, 0.1) is 16.9 Å². The first kappa shape index (κ1) is 17.8. The number of rotatable bonds is 5. The number of fused-ring (bicyclic) bond motifs is 1. The Morgan fingerprint density at radius 2 is 1.64 bits per heavy atom. The lowest BCUT2D eigenvalue weighted by Gasteiger charge is -2.44. The fourth-order valence-electron chi connectivity index (χ4n) is 4.33. The molecule has 2 aromatic heterocycles. The summed E-state index contributed by atoms with van der Waals surface area (Å²) in [6, 6.07) is 2.21. The summed E-state index contributed by atoms with van der Waals surface area (Å²) in [6.45, 7) is 14.3. The molecule has 0 atom stereocenters. The molecule has 2 heterocycles. The van der Waals surface area contributed by atoms with Crippen molar-refractivity contribution >= 4 is 41.9 Å². The van der Waals surface area contributed by atoms with Crippen molar-refractivity contribution in [1.82, 2.24) is 9.22 Å². The van der Waals surface area contributed by atoms with Gasteiger partial charge in [0.25, 0.3) is 0 Å². The van der Waals surface area contributed by atoms with E-state index in [1.807, 2.05) is 6.20 Å². The summed E-state index contributed by atoms with van der Waals surface area (Å²) < 4.78 is 9.12. The van der Waals surface area contributed by atoms with E-state index in [1.54, 1.807) is 7.11 Å². The minimum atomic E-state index is -1.76. The Kier molecular flexibility index (Phi) is 5.26. The number of methoxy groups -OCH3 is 1. The highest BCUT2D eigenvalue weighted by atomic mass is 127. The van der Waals surface area contributed by atoms with Crippen molar-refractivity contribution in [2.75, 3.05) is 7.11 Å². The Morgan fingerprint density at radius 1 is 1.09 bits per heavy atom. The number of hydrogen-bond acceptors (Lipinski definition) is 2. The maximum absolute atomic E-state index is 5.42. The number of pyridine rings is 1. The van der Waals surface area contributed by atoms with Crippen molar-refractivity contribution in [1.29, 1.82) is 0 Å². The van der Waals surface area contributed by atoms with Crippen LogP contribution < -0.4 is 4.74 Å². The van der Waals surface area contributed by atoms with Crippen molar-refractivity contribution < 1.29 is 4.74 Å². The van der Waals surface area contributed by atoms with Crippen LogP contribution in [0.2, 0.25) is 16.6 Å². The van der Waals surface area contributed by atoms with Crippen LogP contribution in [0.5, 0.6) is 5.75 Å². The zero-order valence-corrected chi connectivity index (χ0v) is 17.8. The summed E-state index contributed by atoms with van der Waals surface area (Å²) in [5.74, 6) is 0.858. The molecule has 22 heavy (non-hydrogen) atoms. The molecule has 0 saturated heterocycles. The highest BCUT2D eigenvalue weighted by Crippen LogP contribution is 2.44. The van der Waals surface area contributed by atoms with Gasteiger partial charge in [-0.25, -0.2) is 4.98 Å². The molecule has 0 N–H and O–H groups in total. The normalized spacial score (nSPS) is 12.9. The Balaban J connectivity index is 2.79. The molecule has 0 saturated carbocycles. The third-order valence-corrected chi connectivity index (χ3v) is 12.9. The van der Waals surface area contributed by atoms with E-state index in [2.05, 4.69) is 80.6 Å². The molecule has 0 unspecified atom stereocenters. The van der Waals surface area contributed by atoms with E-state index in [-0.39, 0.29) is 0 Å². The minimum Gasteiger partial charge on any atom is -0.494 e. The summed E-state index contributed by atoms with van der Waals surface area (Å²) >= 11 is 2.37. The number of aromatic nitrogens is 2. The van der Waals surface area contributed by atoms with E-state index >= 15 is 0 Å². The van der Waals surface area contributed by atoms with E-state index in [0.29, 0.717) is 16.6 Å². The monoisotopic (exact) mass is 430 g/mol. The third kappa shape index (κ3) is 2.50. The van der Waals surface area contributed by atoms with Gasteiger partial charge in [0.15, 0.2) is 14.0 Å². The van der Waals surface area contributed by atoms with Gasteiger partial charge in [-0.05, 0) is 51.5 Å². The molecule has 0 fully saturated rings. The van der Waals surface area contributed by atoms with Crippen LogP contribution in [-0.2, 0) is 0 Å². The van der Waals surface area contributed by atoms with Crippen LogP contribution in [-0.4, -0.2) is 24.6 Å². The topological polar surface area (TPSA) is 27.1 Å². The van der Waals surface area contributed by atoms with Crippen LogP contribution in [0.15, 0.2) is 18.5 Å². The Morgan fingerprint density at radius 3 is 2.09 bits per heavy atom. The van der Waals surface area contributed by atoms with Crippen molar-refractivity contribution in [3.8, 4) is 5.75 Å². The number of hydrogen-bond donors (Lipinski definition) is 0. The summed E-state index contributed by atoms with van der Waals surface area (Å²) in [7, 11) is -0.0506. The number of ether oxygens (including phenoxy) is 1. The molecule has 3 nitrogen and oxygen atoms in total. The quantitative estimate of drug-likeness (QED) is 0.451. The van der Waals surface area contributed by atoms with Gasteiger partial charge in [0.2, 0.25) is 0 Å². The van der Waals surface area contributed by atoms with E-state index in [1.165, 1.54) is 5.39 Å². The van der Waals surface area contributed by atoms with E-state index in [4.69, 9.17) is 9.72 Å². The van der Waals surface area contributed by atoms with Crippen LogP contribution >= 0.6 is 22.6 Å². The molecule has 5 heteroatoms. The van der Waals surface area contributed by atoms with Gasteiger partial charge in [0.1, 0.15) is 5.65 Å². The second-order valence-corrected chi connectivity index (χ2v) is 13.7. The minimum absolute atomic E-state index is 0.657. The van der Waals surface area contributed by atoms with Crippen LogP contribution in [0.1, 0.15) is 41.5 Å². The fraction of sp³-hybridized carbons (Fsp3) is 0.588. The Labute approximate surface area is 148 Å². The van der Waals surface area contributed by atoms with E-state index in [0.717, 1.165) is 15.0 Å². The molecule has 0 aliphatic carbocycles. The predicted octanol–water partition coefficient (Wildman–Crippen LogP) is 5.67. The van der Waals surface area contributed by atoms with E-state index < -0.39 is 8.24 Å². The predicted molar refractivity (Wildman–Crippen MR) is 105 cm³/mol. The number of nitrogens with zero attached hydrogens (tertiary/aromatic N) is 2. The lowest BCUT2D eigenvalue weighted by Crippen LogP contribution is -2.51. The van der Waals surface area contributed by atoms with Gasteiger partial charge in [-0.2, -0.15) is 0 Å². The molecule has 0 aliphatic heterocycles. The van der Waals surface area contributed by atoms with Crippen LogP contribution in [0, 0.1) is 3.57 Å². The van der Waals surface area contributed by atoms with Gasteiger partial charge >= 0.3 is 0 Å². The summed E-state index contributed by atoms with van der Waals surface area (Å²) in [6.07, 6.45) is 4.13. The fourth-order valence-corrected chi connectivity index (χ4v) is 11.7. The molecule has 2 aromatic rings. The summed E-state index contributed by atoms with van der Waals surface area (Å²) in [5.41, 5.74) is 3.09. The van der Waals surface area contributed by atoms with Gasteiger partial charge < -0.3 is 8.97 Å². The maximum Gasteiger partial charge on any atom is 0.171 e. The zero-order valence-electron chi connectivity index (χ0n) is 14.6. The SMILES string of the molecule is COc1cnc2c(ccn2[Si](C(C)C)(C(C)C)C(C)C)c1I. The molecule has 0 amide bonds. The highest BCUT2D eigenvalue weighted by Gasteiger charge is 2.46. The lowest BCUT2D eigenvalue weighted by molar-refractivity contribution is 0.411. The molecule has 122 valence electrons. The maximum atomic E-state index is 5.42. The first-order valence-electron chi connectivity index (χ1n) is 7.98. The average molecular weight is 430 g/mol. The smallest absolute Gasteiger partial charge is 0.171 e. The van der Waals surface area contributed by atoms with Crippen molar-refractivity contribution in [2.45, 2.75) is 58.2 Å². The van der Waals surface area contributed by atoms with E-state index in [9.17, 15) is 0 Å². The van der Waals surface area contributed by atoms with Crippen molar-refractivity contribution in [2.24, 2.45) is 0 Å². The van der Waals surface area contributed by atoms with Crippen LogP contribution in [0.4, 0.5) is 0 Å². The van der Waals surface area contributed by atoms with Crippen molar-refractivity contribution in [3.05, 3.63) is 22.0 Å². The molecule has 0 aromatic carbocycles.